The lowest BCUT2D eigenvalue weighted by Gasteiger charge is -2.35. The van der Waals surface area contributed by atoms with Gasteiger partial charge in [0.25, 0.3) is 0 Å². The lowest BCUT2D eigenvalue weighted by Crippen LogP contribution is -2.47. The molecule has 0 amide bonds. The number of hydrogen-bond acceptors (Lipinski definition) is 4. The summed E-state index contributed by atoms with van der Waals surface area (Å²) < 4.78 is 11.0. The SMILES string of the molecule is Cl.NCC1CN(CC2CCCOC2)CCO1. The van der Waals surface area contributed by atoms with Crippen molar-refractivity contribution in [1.29, 1.82) is 0 Å². The van der Waals surface area contributed by atoms with Crippen LogP contribution in [0.3, 0.4) is 0 Å². The summed E-state index contributed by atoms with van der Waals surface area (Å²) in [6.45, 7) is 6.54. The molecule has 0 bridgehead atoms. The first kappa shape index (κ1) is 14.2. The molecule has 0 saturated carbocycles. The summed E-state index contributed by atoms with van der Waals surface area (Å²) in [7, 11) is 0. The summed E-state index contributed by atoms with van der Waals surface area (Å²) in [5, 5.41) is 0. The molecule has 4 nitrogen and oxygen atoms in total. The Balaban J connectivity index is 0.00000128. The first-order valence-electron chi connectivity index (χ1n) is 6.00. The zero-order valence-corrected chi connectivity index (χ0v) is 10.6. The molecule has 5 heteroatoms. The summed E-state index contributed by atoms with van der Waals surface area (Å²) in [6, 6.07) is 0. The van der Waals surface area contributed by atoms with E-state index >= 15 is 0 Å². The molecule has 2 saturated heterocycles. The van der Waals surface area contributed by atoms with E-state index in [0.29, 0.717) is 6.54 Å². The number of morpholine rings is 1. The monoisotopic (exact) mass is 250 g/mol. The highest BCUT2D eigenvalue weighted by molar-refractivity contribution is 5.85. The van der Waals surface area contributed by atoms with Crippen molar-refractivity contribution in [3.63, 3.8) is 0 Å². The Bertz CT molecular complexity index is 189. The van der Waals surface area contributed by atoms with Crippen LogP contribution >= 0.6 is 12.4 Å². The van der Waals surface area contributed by atoms with Gasteiger partial charge >= 0.3 is 0 Å². The third-order valence-corrected chi connectivity index (χ3v) is 3.26. The molecule has 0 spiro atoms. The molecule has 0 aliphatic carbocycles. The van der Waals surface area contributed by atoms with Crippen molar-refractivity contribution in [3.05, 3.63) is 0 Å². The predicted molar refractivity (Wildman–Crippen MR) is 66.0 cm³/mol. The second-order valence-electron chi connectivity index (χ2n) is 4.57. The van der Waals surface area contributed by atoms with Crippen LogP contribution in [-0.4, -0.2) is 57.0 Å². The van der Waals surface area contributed by atoms with E-state index in [4.69, 9.17) is 15.2 Å². The van der Waals surface area contributed by atoms with E-state index in [1.54, 1.807) is 0 Å². The second-order valence-corrected chi connectivity index (χ2v) is 4.57. The summed E-state index contributed by atoms with van der Waals surface area (Å²) in [4.78, 5) is 2.47. The van der Waals surface area contributed by atoms with E-state index < -0.39 is 0 Å². The third kappa shape index (κ3) is 4.18. The van der Waals surface area contributed by atoms with Gasteiger partial charge in [-0.3, -0.25) is 4.90 Å². The van der Waals surface area contributed by atoms with E-state index in [0.717, 1.165) is 45.4 Å². The zero-order valence-electron chi connectivity index (χ0n) is 9.77. The average molecular weight is 251 g/mol. The van der Waals surface area contributed by atoms with Gasteiger partial charge in [0.2, 0.25) is 0 Å². The van der Waals surface area contributed by atoms with Crippen molar-refractivity contribution in [3.8, 4) is 0 Å². The van der Waals surface area contributed by atoms with Gasteiger partial charge in [0.05, 0.1) is 19.3 Å². The van der Waals surface area contributed by atoms with Crippen molar-refractivity contribution < 1.29 is 9.47 Å². The molecule has 96 valence electrons. The van der Waals surface area contributed by atoms with Crippen LogP contribution in [0.25, 0.3) is 0 Å². The highest BCUT2D eigenvalue weighted by atomic mass is 35.5. The molecule has 2 rings (SSSR count). The first-order valence-corrected chi connectivity index (χ1v) is 6.00. The highest BCUT2D eigenvalue weighted by Gasteiger charge is 2.23. The Hall–Kier alpha value is 0.130. The number of halogens is 1. The van der Waals surface area contributed by atoms with E-state index in [1.165, 1.54) is 12.8 Å². The van der Waals surface area contributed by atoms with Gasteiger partial charge in [-0.05, 0) is 18.8 Å². The predicted octanol–water partition coefficient (Wildman–Crippen LogP) is 0.494. The fourth-order valence-corrected chi connectivity index (χ4v) is 2.41. The Labute approximate surface area is 104 Å². The van der Waals surface area contributed by atoms with E-state index in [2.05, 4.69) is 4.90 Å². The van der Waals surface area contributed by atoms with Gasteiger partial charge in [-0.15, -0.1) is 12.4 Å². The van der Waals surface area contributed by atoms with Crippen LogP contribution in [0.1, 0.15) is 12.8 Å². The Morgan fingerprint density at radius 1 is 1.31 bits per heavy atom. The number of hydrogen-bond donors (Lipinski definition) is 1. The number of ether oxygens (including phenoxy) is 2. The van der Waals surface area contributed by atoms with Crippen LogP contribution < -0.4 is 5.73 Å². The normalized spacial score (nSPS) is 32.1. The largest absolute Gasteiger partial charge is 0.381 e. The molecule has 0 aromatic rings. The standard InChI is InChI=1S/C11H22N2O2.ClH/c12-6-11-8-13(3-5-15-11)7-10-2-1-4-14-9-10;/h10-11H,1-9,12H2;1H. The number of nitrogens with two attached hydrogens (primary N) is 1. The minimum atomic E-state index is 0. The van der Waals surface area contributed by atoms with Crippen LogP contribution in [0.4, 0.5) is 0 Å². The molecule has 0 aromatic carbocycles. The third-order valence-electron chi connectivity index (χ3n) is 3.26. The maximum absolute atomic E-state index is 5.62. The molecule has 2 N–H and O–H groups in total. The molecule has 2 heterocycles. The van der Waals surface area contributed by atoms with Gasteiger partial charge in [-0.25, -0.2) is 0 Å². The van der Waals surface area contributed by atoms with Crippen LogP contribution in [0.15, 0.2) is 0 Å². The summed E-state index contributed by atoms with van der Waals surface area (Å²) in [5.41, 5.74) is 5.62. The van der Waals surface area contributed by atoms with Crippen molar-refractivity contribution in [2.75, 3.05) is 46.0 Å². The molecule has 2 aliphatic rings. The van der Waals surface area contributed by atoms with Gasteiger partial charge in [0, 0.05) is 32.8 Å². The van der Waals surface area contributed by atoms with Gasteiger partial charge in [-0.2, -0.15) is 0 Å². The van der Waals surface area contributed by atoms with Crippen molar-refractivity contribution in [2.24, 2.45) is 11.7 Å². The van der Waals surface area contributed by atoms with Crippen LogP contribution in [0.2, 0.25) is 0 Å². The fourth-order valence-electron chi connectivity index (χ4n) is 2.41. The summed E-state index contributed by atoms with van der Waals surface area (Å²) in [6.07, 6.45) is 2.77. The zero-order chi connectivity index (χ0) is 10.5. The molecule has 2 atom stereocenters. The summed E-state index contributed by atoms with van der Waals surface area (Å²) >= 11 is 0. The molecule has 0 aromatic heterocycles. The van der Waals surface area contributed by atoms with Gasteiger partial charge in [0.15, 0.2) is 0 Å². The highest BCUT2D eigenvalue weighted by Crippen LogP contribution is 2.16. The number of nitrogens with zero attached hydrogens (tertiary/aromatic N) is 1. The van der Waals surface area contributed by atoms with E-state index in [9.17, 15) is 0 Å². The van der Waals surface area contributed by atoms with Crippen LogP contribution in [0.5, 0.6) is 0 Å². The Kier molecular flexibility index (Phi) is 6.61. The lowest BCUT2D eigenvalue weighted by molar-refractivity contribution is -0.0386. The minimum absolute atomic E-state index is 0. The molecular formula is C11H23ClN2O2. The average Bonchev–Trinajstić information content (AvgIpc) is 2.31. The van der Waals surface area contributed by atoms with Crippen molar-refractivity contribution in [1.82, 2.24) is 4.90 Å². The first-order chi connectivity index (χ1) is 7.38. The van der Waals surface area contributed by atoms with Gasteiger partial charge in [0.1, 0.15) is 0 Å². The molecule has 2 aliphatic heterocycles. The van der Waals surface area contributed by atoms with E-state index in [1.807, 2.05) is 0 Å². The van der Waals surface area contributed by atoms with E-state index in [-0.39, 0.29) is 18.5 Å². The second kappa shape index (κ2) is 7.45. The summed E-state index contributed by atoms with van der Waals surface area (Å²) in [5.74, 6) is 0.718. The minimum Gasteiger partial charge on any atom is -0.381 e. The quantitative estimate of drug-likeness (QED) is 0.792. The molecule has 0 radical (unpaired) electrons. The molecule has 2 unspecified atom stereocenters. The molecule has 2 fully saturated rings. The van der Waals surface area contributed by atoms with Crippen LogP contribution in [-0.2, 0) is 9.47 Å². The topological polar surface area (TPSA) is 47.7 Å². The maximum atomic E-state index is 5.62. The molecule has 16 heavy (non-hydrogen) atoms. The maximum Gasteiger partial charge on any atom is 0.0824 e. The number of rotatable bonds is 3. The van der Waals surface area contributed by atoms with Gasteiger partial charge < -0.3 is 15.2 Å². The molecular weight excluding hydrogens is 228 g/mol. The smallest absolute Gasteiger partial charge is 0.0824 e. The Morgan fingerprint density at radius 2 is 2.19 bits per heavy atom. The van der Waals surface area contributed by atoms with Crippen molar-refractivity contribution in [2.45, 2.75) is 18.9 Å². The lowest BCUT2D eigenvalue weighted by atomic mass is 10.0. The van der Waals surface area contributed by atoms with Crippen LogP contribution in [0, 0.1) is 5.92 Å². The van der Waals surface area contributed by atoms with Crippen molar-refractivity contribution >= 4 is 12.4 Å². The van der Waals surface area contributed by atoms with Gasteiger partial charge in [-0.1, -0.05) is 0 Å². The fraction of sp³-hybridized carbons (Fsp3) is 1.00. The Morgan fingerprint density at radius 3 is 2.88 bits per heavy atom.